The SMILES string of the molecule is CCc1cccc(C)c1NC(=O)COC(=O)c1cc(S(=O)(=O)N(C)C)ccc1Cl. The standard InChI is InChI=1S/C20H23ClN2O5S/c1-5-14-8-6-7-13(2)19(14)22-18(24)12-28-20(25)16-11-15(9-10-17(16)21)29(26,27)23(3)4/h6-11H,5,12H2,1-4H3,(H,22,24). The number of halogens is 1. The van der Waals surface area contributed by atoms with Crippen molar-refractivity contribution in [2.75, 3.05) is 26.0 Å². The molecule has 0 aliphatic heterocycles. The fourth-order valence-electron chi connectivity index (χ4n) is 2.62. The third-order valence-corrected chi connectivity index (χ3v) is 6.42. The van der Waals surface area contributed by atoms with Crippen LogP contribution in [0, 0.1) is 6.92 Å². The fraction of sp³-hybridized carbons (Fsp3) is 0.300. The van der Waals surface area contributed by atoms with Crippen molar-refractivity contribution in [3.05, 3.63) is 58.1 Å². The monoisotopic (exact) mass is 438 g/mol. The maximum atomic E-state index is 12.4. The molecule has 2 rings (SSSR count). The number of anilines is 1. The Morgan fingerprint density at radius 3 is 2.48 bits per heavy atom. The number of esters is 1. The van der Waals surface area contributed by atoms with Gasteiger partial charge in [0, 0.05) is 19.8 Å². The van der Waals surface area contributed by atoms with Crippen LogP contribution >= 0.6 is 11.6 Å². The maximum Gasteiger partial charge on any atom is 0.340 e. The van der Waals surface area contributed by atoms with Gasteiger partial charge in [-0.3, -0.25) is 4.79 Å². The Balaban J connectivity index is 2.13. The van der Waals surface area contributed by atoms with Crippen LogP contribution in [0.5, 0.6) is 0 Å². The Hall–Kier alpha value is -2.42. The molecule has 0 fully saturated rings. The summed E-state index contributed by atoms with van der Waals surface area (Å²) in [5, 5.41) is 2.78. The molecule has 2 aromatic rings. The summed E-state index contributed by atoms with van der Waals surface area (Å²) >= 11 is 6.02. The third kappa shape index (κ3) is 5.35. The van der Waals surface area contributed by atoms with Gasteiger partial charge in [0.2, 0.25) is 10.0 Å². The molecule has 0 aliphatic carbocycles. The van der Waals surface area contributed by atoms with E-state index >= 15 is 0 Å². The zero-order chi connectivity index (χ0) is 21.8. The number of carbonyl (C=O) groups is 2. The Morgan fingerprint density at radius 2 is 1.86 bits per heavy atom. The van der Waals surface area contributed by atoms with Crippen LogP contribution in [-0.2, 0) is 26.0 Å². The van der Waals surface area contributed by atoms with E-state index in [1.165, 1.54) is 26.2 Å². The van der Waals surface area contributed by atoms with E-state index in [9.17, 15) is 18.0 Å². The molecule has 156 valence electrons. The molecule has 0 heterocycles. The van der Waals surface area contributed by atoms with Gasteiger partial charge in [-0.05, 0) is 42.7 Å². The maximum absolute atomic E-state index is 12.4. The van der Waals surface area contributed by atoms with E-state index < -0.39 is 28.5 Å². The van der Waals surface area contributed by atoms with E-state index in [0.29, 0.717) is 5.69 Å². The molecule has 29 heavy (non-hydrogen) atoms. The number of benzene rings is 2. The molecule has 0 spiro atoms. The van der Waals surface area contributed by atoms with Gasteiger partial charge >= 0.3 is 5.97 Å². The highest BCUT2D eigenvalue weighted by Crippen LogP contribution is 2.23. The second-order valence-corrected chi connectivity index (χ2v) is 9.08. The summed E-state index contributed by atoms with van der Waals surface area (Å²) in [4.78, 5) is 24.5. The first-order chi connectivity index (χ1) is 13.6. The molecule has 1 N–H and O–H groups in total. The highest BCUT2D eigenvalue weighted by atomic mass is 35.5. The number of ether oxygens (including phenoxy) is 1. The van der Waals surface area contributed by atoms with Gasteiger partial charge in [-0.15, -0.1) is 0 Å². The summed E-state index contributed by atoms with van der Waals surface area (Å²) in [6.07, 6.45) is 0.736. The van der Waals surface area contributed by atoms with Crippen LogP contribution in [0.1, 0.15) is 28.4 Å². The van der Waals surface area contributed by atoms with Crippen molar-refractivity contribution in [3.63, 3.8) is 0 Å². The smallest absolute Gasteiger partial charge is 0.340 e. The summed E-state index contributed by atoms with van der Waals surface area (Å²) in [6, 6.07) is 9.42. The van der Waals surface area contributed by atoms with Crippen LogP contribution in [0.3, 0.4) is 0 Å². The fourth-order valence-corrected chi connectivity index (χ4v) is 3.74. The first kappa shape index (κ1) is 22.9. The van der Waals surface area contributed by atoms with Crippen LogP contribution in [0.15, 0.2) is 41.3 Å². The number of hydrogen-bond acceptors (Lipinski definition) is 5. The Kier molecular flexibility index (Phi) is 7.40. The number of aryl methyl sites for hydroxylation is 2. The van der Waals surface area contributed by atoms with Crippen molar-refractivity contribution in [3.8, 4) is 0 Å². The minimum Gasteiger partial charge on any atom is -0.452 e. The van der Waals surface area contributed by atoms with Gasteiger partial charge in [0.15, 0.2) is 6.61 Å². The number of nitrogens with one attached hydrogen (secondary N) is 1. The van der Waals surface area contributed by atoms with Gasteiger partial charge < -0.3 is 10.1 Å². The zero-order valence-corrected chi connectivity index (χ0v) is 18.2. The Morgan fingerprint density at radius 1 is 1.17 bits per heavy atom. The van der Waals surface area contributed by atoms with Crippen molar-refractivity contribution in [2.24, 2.45) is 0 Å². The van der Waals surface area contributed by atoms with Gasteiger partial charge in [-0.2, -0.15) is 0 Å². The summed E-state index contributed by atoms with van der Waals surface area (Å²) in [5.41, 5.74) is 2.42. The lowest BCUT2D eigenvalue weighted by Gasteiger charge is -2.14. The van der Waals surface area contributed by atoms with Crippen molar-refractivity contribution >= 4 is 39.2 Å². The molecule has 0 atom stereocenters. The van der Waals surface area contributed by atoms with E-state index in [1.54, 1.807) is 0 Å². The first-order valence-electron chi connectivity index (χ1n) is 8.85. The minimum atomic E-state index is -3.75. The summed E-state index contributed by atoms with van der Waals surface area (Å²) in [5.74, 6) is -1.39. The molecule has 0 unspecified atom stereocenters. The molecule has 7 nitrogen and oxygen atoms in total. The van der Waals surface area contributed by atoms with Crippen molar-refractivity contribution < 1.29 is 22.7 Å². The van der Waals surface area contributed by atoms with Crippen molar-refractivity contribution in [1.29, 1.82) is 0 Å². The third-order valence-electron chi connectivity index (χ3n) is 4.28. The van der Waals surface area contributed by atoms with E-state index in [-0.39, 0.29) is 15.5 Å². The van der Waals surface area contributed by atoms with Crippen LogP contribution in [0.25, 0.3) is 0 Å². The Labute approximate surface area is 175 Å². The number of sulfonamides is 1. The topological polar surface area (TPSA) is 92.8 Å². The predicted octanol–water partition coefficient (Wildman–Crippen LogP) is 3.26. The highest BCUT2D eigenvalue weighted by Gasteiger charge is 2.22. The van der Waals surface area contributed by atoms with Gasteiger partial charge in [-0.25, -0.2) is 17.5 Å². The molecule has 0 radical (unpaired) electrons. The first-order valence-corrected chi connectivity index (χ1v) is 10.7. The van der Waals surface area contributed by atoms with E-state index in [4.69, 9.17) is 16.3 Å². The highest BCUT2D eigenvalue weighted by molar-refractivity contribution is 7.89. The number of amides is 1. The van der Waals surface area contributed by atoms with Crippen LogP contribution in [0.4, 0.5) is 5.69 Å². The van der Waals surface area contributed by atoms with Crippen LogP contribution in [0.2, 0.25) is 5.02 Å². The van der Waals surface area contributed by atoms with Crippen LogP contribution < -0.4 is 5.32 Å². The lowest BCUT2D eigenvalue weighted by atomic mass is 10.1. The number of nitrogens with zero attached hydrogens (tertiary/aromatic N) is 1. The lowest BCUT2D eigenvalue weighted by Crippen LogP contribution is -2.23. The molecular weight excluding hydrogens is 416 g/mol. The summed E-state index contributed by atoms with van der Waals surface area (Å²) in [6.45, 7) is 3.32. The molecule has 0 bridgehead atoms. The second kappa shape index (κ2) is 9.39. The van der Waals surface area contributed by atoms with Gasteiger partial charge in [-0.1, -0.05) is 36.7 Å². The molecule has 0 saturated heterocycles. The molecule has 2 aromatic carbocycles. The Bertz CT molecular complexity index is 1040. The largest absolute Gasteiger partial charge is 0.452 e. The molecule has 0 aromatic heterocycles. The summed E-state index contributed by atoms with van der Waals surface area (Å²) in [7, 11) is -0.992. The average molecular weight is 439 g/mol. The zero-order valence-electron chi connectivity index (χ0n) is 16.7. The van der Waals surface area contributed by atoms with Gasteiger partial charge in [0.05, 0.1) is 15.5 Å². The lowest BCUT2D eigenvalue weighted by molar-refractivity contribution is -0.119. The molecule has 0 saturated carbocycles. The number of hydrogen-bond donors (Lipinski definition) is 1. The van der Waals surface area contributed by atoms with E-state index in [0.717, 1.165) is 27.9 Å². The predicted molar refractivity (Wildman–Crippen MR) is 112 cm³/mol. The van der Waals surface area contributed by atoms with Crippen molar-refractivity contribution in [1.82, 2.24) is 4.31 Å². The molecular formula is C20H23ClN2O5S. The van der Waals surface area contributed by atoms with Gasteiger partial charge in [0.25, 0.3) is 5.91 Å². The van der Waals surface area contributed by atoms with E-state index in [2.05, 4.69) is 5.32 Å². The van der Waals surface area contributed by atoms with E-state index in [1.807, 2.05) is 32.0 Å². The second-order valence-electron chi connectivity index (χ2n) is 6.52. The van der Waals surface area contributed by atoms with Crippen molar-refractivity contribution in [2.45, 2.75) is 25.2 Å². The molecule has 9 heteroatoms. The minimum absolute atomic E-state index is 0.0280. The quantitative estimate of drug-likeness (QED) is 0.670. The van der Waals surface area contributed by atoms with Gasteiger partial charge in [0.1, 0.15) is 0 Å². The normalized spacial score (nSPS) is 11.4. The number of para-hydroxylation sites is 1. The average Bonchev–Trinajstić information content (AvgIpc) is 2.67. The number of rotatable bonds is 7. The summed E-state index contributed by atoms with van der Waals surface area (Å²) < 4.78 is 30.6. The van der Waals surface area contributed by atoms with Crippen LogP contribution in [-0.4, -0.2) is 45.3 Å². The molecule has 1 amide bonds. The molecule has 0 aliphatic rings. The number of carbonyl (C=O) groups excluding carboxylic acids is 2.